The van der Waals surface area contributed by atoms with Crippen LogP contribution in [0.5, 0.6) is 0 Å². The van der Waals surface area contributed by atoms with Crippen LogP contribution in [0.4, 0.5) is 5.82 Å². The predicted molar refractivity (Wildman–Crippen MR) is 114 cm³/mol. The lowest BCUT2D eigenvalue weighted by Gasteiger charge is -2.35. The van der Waals surface area contributed by atoms with Crippen molar-refractivity contribution >= 4 is 17.4 Å². The summed E-state index contributed by atoms with van der Waals surface area (Å²) in [6.07, 6.45) is 14.3. The molecule has 5 rings (SSSR count). The highest BCUT2D eigenvalue weighted by Gasteiger charge is 2.48. The second-order valence-corrected chi connectivity index (χ2v) is 8.09. The van der Waals surface area contributed by atoms with Gasteiger partial charge in [-0.1, -0.05) is 5.92 Å². The van der Waals surface area contributed by atoms with E-state index in [1.165, 1.54) is 0 Å². The third kappa shape index (κ3) is 3.37. The Morgan fingerprint density at radius 3 is 2.97 bits per heavy atom. The first-order chi connectivity index (χ1) is 14.6. The third-order valence-corrected chi connectivity index (χ3v) is 5.83. The van der Waals surface area contributed by atoms with E-state index in [4.69, 9.17) is 12.2 Å². The molecule has 0 spiro atoms. The van der Waals surface area contributed by atoms with Crippen molar-refractivity contribution in [1.82, 2.24) is 24.3 Å². The van der Waals surface area contributed by atoms with Gasteiger partial charge in [0, 0.05) is 37.1 Å². The monoisotopic (exact) mass is 401 g/mol. The molecular formula is C22H23N7O. The molecule has 0 unspecified atom stereocenters. The predicted octanol–water partition coefficient (Wildman–Crippen LogP) is 1.67. The number of nitrogens with one attached hydrogen (secondary N) is 1. The maximum Gasteiger partial charge on any atom is 0.242 e. The molecule has 30 heavy (non-hydrogen) atoms. The van der Waals surface area contributed by atoms with Gasteiger partial charge in [-0.25, -0.2) is 15.0 Å². The molecule has 1 saturated carbocycles. The van der Waals surface area contributed by atoms with Crippen molar-refractivity contribution in [3.8, 4) is 23.9 Å². The number of carbonyl (C=O) groups is 1. The number of nitrogens with two attached hydrogens (primary N) is 1. The van der Waals surface area contributed by atoms with Gasteiger partial charge in [-0.05, 0) is 43.9 Å². The standard InChI is InChI=1S/C22H23N7O/c1-2-15-5-6-19-25-12-17(29(19)13-15)20-24-10-7-18(27-20)26-16-4-3-11-28(14-16)21(30)22(23)8-9-22/h1,5-7,10,12-13,16H,3-4,8-9,11,14,23H2,(H,24,26,27)/t16-/m1/s1. The summed E-state index contributed by atoms with van der Waals surface area (Å²) >= 11 is 0. The van der Waals surface area contributed by atoms with E-state index in [1.807, 2.05) is 33.7 Å². The lowest BCUT2D eigenvalue weighted by atomic mass is 10.0. The molecule has 1 atom stereocenters. The first-order valence-electron chi connectivity index (χ1n) is 10.2. The van der Waals surface area contributed by atoms with E-state index < -0.39 is 5.54 Å². The molecule has 3 aromatic rings. The van der Waals surface area contributed by atoms with Crippen LogP contribution < -0.4 is 11.1 Å². The van der Waals surface area contributed by atoms with Crippen molar-refractivity contribution in [2.75, 3.05) is 18.4 Å². The van der Waals surface area contributed by atoms with Crippen LogP contribution in [0.25, 0.3) is 17.2 Å². The lowest BCUT2D eigenvalue weighted by molar-refractivity contribution is -0.134. The number of hydrogen-bond donors (Lipinski definition) is 2. The number of piperidine rings is 1. The molecule has 8 nitrogen and oxygen atoms in total. The molecule has 152 valence electrons. The normalized spacial score (nSPS) is 20.0. The number of carbonyl (C=O) groups excluding carboxylic acids is 1. The molecule has 2 fully saturated rings. The molecule has 1 amide bonds. The van der Waals surface area contributed by atoms with E-state index in [2.05, 4.69) is 26.2 Å². The zero-order valence-electron chi connectivity index (χ0n) is 16.6. The molecule has 4 heterocycles. The molecule has 3 N–H and O–H groups in total. The highest BCUT2D eigenvalue weighted by Crippen LogP contribution is 2.35. The maximum absolute atomic E-state index is 12.6. The molecule has 2 aliphatic rings. The number of rotatable bonds is 4. The topological polar surface area (TPSA) is 101 Å². The Morgan fingerprint density at radius 2 is 2.17 bits per heavy atom. The largest absolute Gasteiger partial charge is 0.365 e. The fourth-order valence-electron chi connectivity index (χ4n) is 3.95. The summed E-state index contributed by atoms with van der Waals surface area (Å²) in [6, 6.07) is 5.70. The van der Waals surface area contributed by atoms with E-state index in [9.17, 15) is 4.79 Å². The van der Waals surface area contributed by atoms with Crippen molar-refractivity contribution < 1.29 is 4.79 Å². The summed E-state index contributed by atoms with van der Waals surface area (Å²) < 4.78 is 1.89. The van der Waals surface area contributed by atoms with Gasteiger partial charge < -0.3 is 16.0 Å². The second kappa shape index (κ2) is 7.11. The van der Waals surface area contributed by atoms with Crippen LogP contribution in [0.2, 0.25) is 0 Å². The minimum Gasteiger partial charge on any atom is -0.365 e. The average Bonchev–Trinajstić information content (AvgIpc) is 3.39. The molecule has 1 aliphatic carbocycles. The Morgan fingerprint density at radius 1 is 1.30 bits per heavy atom. The smallest absolute Gasteiger partial charge is 0.242 e. The molecule has 1 aliphatic heterocycles. The average molecular weight is 401 g/mol. The molecular weight excluding hydrogens is 378 g/mol. The van der Waals surface area contributed by atoms with Gasteiger partial charge in [0.1, 0.15) is 17.2 Å². The zero-order chi connectivity index (χ0) is 20.7. The molecule has 0 bridgehead atoms. The van der Waals surface area contributed by atoms with E-state index in [-0.39, 0.29) is 11.9 Å². The first-order valence-corrected chi connectivity index (χ1v) is 10.2. The van der Waals surface area contributed by atoms with Crippen LogP contribution in [-0.2, 0) is 4.79 Å². The van der Waals surface area contributed by atoms with Crippen molar-refractivity contribution in [2.45, 2.75) is 37.3 Å². The van der Waals surface area contributed by atoms with Gasteiger partial charge in [-0.3, -0.25) is 9.20 Å². The number of hydrogen-bond acceptors (Lipinski definition) is 6. The van der Waals surface area contributed by atoms with Crippen LogP contribution in [0, 0.1) is 12.3 Å². The highest BCUT2D eigenvalue weighted by atomic mass is 16.2. The van der Waals surface area contributed by atoms with Gasteiger partial charge in [-0.15, -0.1) is 6.42 Å². The summed E-state index contributed by atoms with van der Waals surface area (Å²) in [7, 11) is 0. The van der Waals surface area contributed by atoms with E-state index in [0.29, 0.717) is 12.4 Å². The highest BCUT2D eigenvalue weighted by molar-refractivity contribution is 5.89. The van der Waals surface area contributed by atoms with E-state index >= 15 is 0 Å². The van der Waals surface area contributed by atoms with Gasteiger partial charge >= 0.3 is 0 Å². The summed E-state index contributed by atoms with van der Waals surface area (Å²) in [4.78, 5) is 28.0. The second-order valence-electron chi connectivity index (χ2n) is 8.09. The van der Waals surface area contributed by atoms with Crippen LogP contribution in [0.3, 0.4) is 0 Å². The number of nitrogens with zero attached hydrogens (tertiary/aromatic N) is 5. The summed E-state index contributed by atoms with van der Waals surface area (Å²) in [5.41, 5.74) is 7.80. The number of terminal acetylenes is 1. The third-order valence-electron chi connectivity index (χ3n) is 5.83. The number of aromatic nitrogens is 4. The molecule has 0 radical (unpaired) electrons. The number of likely N-dealkylation sites (tertiary alicyclic amines) is 1. The van der Waals surface area contributed by atoms with Gasteiger partial charge in [0.05, 0.1) is 11.7 Å². The SMILES string of the molecule is C#Cc1ccc2ncc(-c3nccc(N[C@@H]4CCCN(C(=O)C5(N)CC5)C4)n3)n2c1. The summed E-state index contributed by atoms with van der Waals surface area (Å²) in [6.45, 7) is 1.41. The molecule has 3 aromatic heterocycles. The molecule has 1 saturated heterocycles. The Bertz CT molecular complexity index is 1160. The Balaban J connectivity index is 1.35. The quantitative estimate of drug-likeness (QED) is 0.645. The Labute approximate surface area is 174 Å². The number of pyridine rings is 1. The Kier molecular flexibility index (Phi) is 4.40. The lowest BCUT2D eigenvalue weighted by Crippen LogP contribution is -2.52. The van der Waals surface area contributed by atoms with E-state index in [1.54, 1.807) is 12.4 Å². The fourth-order valence-corrected chi connectivity index (χ4v) is 3.95. The van der Waals surface area contributed by atoms with Crippen LogP contribution in [-0.4, -0.2) is 54.8 Å². The van der Waals surface area contributed by atoms with Crippen molar-refractivity contribution in [3.05, 3.63) is 42.4 Å². The zero-order valence-corrected chi connectivity index (χ0v) is 16.6. The van der Waals surface area contributed by atoms with Gasteiger partial charge in [-0.2, -0.15) is 0 Å². The molecule has 0 aromatic carbocycles. The van der Waals surface area contributed by atoms with Crippen molar-refractivity contribution in [1.29, 1.82) is 0 Å². The number of imidazole rings is 1. The van der Waals surface area contributed by atoms with Gasteiger partial charge in [0.2, 0.25) is 5.91 Å². The van der Waals surface area contributed by atoms with Gasteiger partial charge in [0.15, 0.2) is 5.82 Å². The number of fused-ring (bicyclic) bond motifs is 1. The minimum absolute atomic E-state index is 0.0763. The van der Waals surface area contributed by atoms with Crippen LogP contribution >= 0.6 is 0 Å². The first kappa shape index (κ1) is 18.6. The summed E-state index contributed by atoms with van der Waals surface area (Å²) in [5, 5.41) is 3.46. The maximum atomic E-state index is 12.6. The van der Waals surface area contributed by atoms with Crippen LogP contribution in [0.15, 0.2) is 36.8 Å². The fraction of sp³-hybridized carbons (Fsp3) is 0.364. The van der Waals surface area contributed by atoms with Crippen molar-refractivity contribution in [2.24, 2.45) is 5.73 Å². The van der Waals surface area contributed by atoms with Crippen LogP contribution in [0.1, 0.15) is 31.2 Å². The minimum atomic E-state index is -0.621. The summed E-state index contributed by atoms with van der Waals surface area (Å²) in [5.74, 6) is 3.99. The van der Waals surface area contributed by atoms with E-state index in [0.717, 1.165) is 55.0 Å². The Hall–Kier alpha value is -3.44. The number of amides is 1. The number of anilines is 1. The van der Waals surface area contributed by atoms with Gasteiger partial charge in [0.25, 0.3) is 0 Å². The van der Waals surface area contributed by atoms with Crippen molar-refractivity contribution in [3.63, 3.8) is 0 Å². The molecule has 8 heteroatoms.